The van der Waals surface area contributed by atoms with E-state index < -0.39 is 12.3 Å². The summed E-state index contributed by atoms with van der Waals surface area (Å²) in [6.07, 6.45) is 5.38. The fourth-order valence-corrected chi connectivity index (χ4v) is 2.62. The van der Waals surface area contributed by atoms with Gasteiger partial charge in [-0.1, -0.05) is 11.5 Å². The molecule has 2 heterocycles. The van der Waals surface area contributed by atoms with Crippen molar-refractivity contribution in [2.24, 2.45) is 0 Å². The molecule has 2 aromatic heterocycles. The van der Waals surface area contributed by atoms with Crippen molar-refractivity contribution in [3.63, 3.8) is 0 Å². The number of alkyl halides is 2. The average Bonchev–Trinajstić information content (AvgIpc) is 3.26. The van der Waals surface area contributed by atoms with Crippen LogP contribution in [0.2, 0.25) is 0 Å². The van der Waals surface area contributed by atoms with Crippen LogP contribution >= 0.6 is 0 Å². The molecule has 1 saturated carbocycles. The van der Waals surface area contributed by atoms with E-state index in [1.165, 1.54) is 12.4 Å². The van der Waals surface area contributed by atoms with Crippen LogP contribution < -0.4 is 5.32 Å². The summed E-state index contributed by atoms with van der Waals surface area (Å²) in [7, 11) is 1.60. The Labute approximate surface area is 146 Å². The van der Waals surface area contributed by atoms with Crippen LogP contribution in [-0.4, -0.2) is 32.8 Å². The van der Waals surface area contributed by atoms with E-state index in [-0.39, 0.29) is 11.4 Å². The van der Waals surface area contributed by atoms with Crippen molar-refractivity contribution in [1.82, 2.24) is 20.2 Å². The Morgan fingerprint density at radius 3 is 2.65 bits per heavy atom. The normalized spacial score (nSPS) is 17.1. The third kappa shape index (κ3) is 2.90. The van der Waals surface area contributed by atoms with Gasteiger partial charge in [-0.05, 0) is 25.0 Å². The Hall–Kier alpha value is -3.28. The van der Waals surface area contributed by atoms with Gasteiger partial charge in [0.05, 0.1) is 23.8 Å². The smallest absolute Gasteiger partial charge is 0.314 e. The first-order chi connectivity index (χ1) is 12.6. The van der Waals surface area contributed by atoms with Crippen LogP contribution in [0.3, 0.4) is 0 Å². The first-order valence-corrected chi connectivity index (χ1v) is 7.80. The molecule has 0 saturated heterocycles. The first-order valence-electron chi connectivity index (χ1n) is 7.80. The van der Waals surface area contributed by atoms with Gasteiger partial charge in [0.2, 0.25) is 5.95 Å². The van der Waals surface area contributed by atoms with Crippen molar-refractivity contribution in [1.29, 1.82) is 0 Å². The van der Waals surface area contributed by atoms with Crippen molar-refractivity contribution in [2.75, 3.05) is 12.4 Å². The Bertz CT molecular complexity index is 963. The van der Waals surface area contributed by atoms with Gasteiger partial charge in [0, 0.05) is 12.4 Å². The third-order valence-electron chi connectivity index (χ3n) is 4.09. The van der Waals surface area contributed by atoms with E-state index in [0.717, 1.165) is 24.2 Å². The number of halogens is 2. The summed E-state index contributed by atoms with van der Waals surface area (Å²) in [6.45, 7) is 0. The van der Waals surface area contributed by atoms with E-state index in [0.29, 0.717) is 11.5 Å². The second kappa shape index (κ2) is 6.22. The SMILES string of the molecule is COC1=CC=C=C=C1C1(Nc2ncc(-c3nnc(C(F)F)o3)cn2)CC1. The molecule has 0 atom stereocenters. The van der Waals surface area contributed by atoms with Gasteiger partial charge in [-0.3, -0.25) is 0 Å². The minimum absolute atomic E-state index is 0.0550. The lowest BCUT2D eigenvalue weighted by Gasteiger charge is -2.21. The molecule has 9 heteroatoms. The van der Waals surface area contributed by atoms with Crippen LogP contribution in [-0.2, 0) is 4.74 Å². The lowest BCUT2D eigenvalue weighted by molar-refractivity contribution is 0.116. The fourth-order valence-electron chi connectivity index (χ4n) is 2.62. The van der Waals surface area contributed by atoms with Crippen LogP contribution in [0.4, 0.5) is 14.7 Å². The number of aromatic nitrogens is 4. The fraction of sp³-hybridized carbons (Fsp3) is 0.294. The van der Waals surface area contributed by atoms with Gasteiger partial charge in [0.1, 0.15) is 5.76 Å². The van der Waals surface area contributed by atoms with E-state index in [9.17, 15) is 8.78 Å². The molecule has 2 aliphatic rings. The second-order valence-electron chi connectivity index (χ2n) is 5.79. The van der Waals surface area contributed by atoms with Crippen molar-refractivity contribution in [2.45, 2.75) is 24.8 Å². The number of allylic oxidation sites excluding steroid dienone is 2. The molecule has 0 aliphatic heterocycles. The predicted molar refractivity (Wildman–Crippen MR) is 86.1 cm³/mol. The average molecular weight is 357 g/mol. The summed E-state index contributed by atoms with van der Waals surface area (Å²) in [5.41, 5.74) is 6.90. The third-order valence-corrected chi connectivity index (χ3v) is 4.09. The van der Waals surface area contributed by atoms with Crippen molar-refractivity contribution in [3.05, 3.63) is 53.2 Å². The zero-order valence-corrected chi connectivity index (χ0v) is 13.7. The molecular weight excluding hydrogens is 344 g/mol. The standard InChI is InChI=1S/C17H13F2N5O2/c1-25-12-5-3-2-4-11(12)17(6-7-17)22-16-20-8-10(9-21-16)14-23-24-15(26-14)13(18)19/h3,5,8-9,13H,6-7H2,1H3,(H,20,21,22). The summed E-state index contributed by atoms with van der Waals surface area (Å²) in [4.78, 5) is 8.43. The zero-order chi connectivity index (χ0) is 18.1. The first kappa shape index (κ1) is 16.2. The molecule has 1 N–H and O–H groups in total. The topological polar surface area (TPSA) is 86.0 Å². The molecule has 0 amide bonds. The molecule has 2 aromatic rings. The quantitative estimate of drug-likeness (QED) is 0.795. The lowest BCUT2D eigenvalue weighted by atomic mass is 10.0. The summed E-state index contributed by atoms with van der Waals surface area (Å²) in [5, 5.41) is 10.1. The second-order valence-corrected chi connectivity index (χ2v) is 5.79. The molecule has 0 bridgehead atoms. The number of hydrogen-bond acceptors (Lipinski definition) is 7. The van der Waals surface area contributed by atoms with Crippen LogP contribution in [0.5, 0.6) is 0 Å². The van der Waals surface area contributed by atoms with Crippen molar-refractivity contribution >= 4 is 5.95 Å². The molecular formula is C17H13F2N5O2. The number of nitrogens with one attached hydrogen (secondary N) is 1. The van der Waals surface area contributed by atoms with Gasteiger partial charge in [-0.2, -0.15) is 8.78 Å². The van der Waals surface area contributed by atoms with Gasteiger partial charge in [0.15, 0.2) is 0 Å². The number of ether oxygens (including phenoxy) is 1. The predicted octanol–water partition coefficient (Wildman–Crippen LogP) is 3.19. The van der Waals surface area contributed by atoms with Crippen molar-refractivity contribution < 1.29 is 17.9 Å². The molecule has 7 nitrogen and oxygen atoms in total. The van der Waals surface area contributed by atoms with Gasteiger partial charge < -0.3 is 14.5 Å². The summed E-state index contributed by atoms with van der Waals surface area (Å²) >= 11 is 0. The van der Waals surface area contributed by atoms with Crippen molar-refractivity contribution in [3.8, 4) is 11.5 Å². The molecule has 26 heavy (non-hydrogen) atoms. The van der Waals surface area contributed by atoms with E-state index in [1.54, 1.807) is 13.2 Å². The Morgan fingerprint density at radius 2 is 2.04 bits per heavy atom. The number of nitrogens with zero attached hydrogens (tertiary/aromatic N) is 4. The highest BCUT2D eigenvalue weighted by Gasteiger charge is 2.49. The van der Waals surface area contributed by atoms with Crippen LogP contribution in [0, 0.1) is 0 Å². The maximum absolute atomic E-state index is 12.5. The summed E-state index contributed by atoms with van der Waals surface area (Å²) in [6, 6.07) is 0. The molecule has 0 spiro atoms. The lowest BCUT2D eigenvalue weighted by Crippen LogP contribution is -2.26. The molecule has 0 unspecified atom stereocenters. The largest absolute Gasteiger partial charge is 0.496 e. The maximum atomic E-state index is 12.5. The van der Waals surface area contributed by atoms with Crippen LogP contribution in [0.15, 0.2) is 51.8 Å². The highest BCUT2D eigenvalue weighted by Crippen LogP contribution is 2.47. The van der Waals surface area contributed by atoms with Crippen LogP contribution in [0.25, 0.3) is 11.5 Å². The molecule has 2 aliphatic carbocycles. The monoisotopic (exact) mass is 357 g/mol. The Morgan fingerprint density at radius 1 is 1.27 bits per heavy atom. The summed E-state index contributed by atoms with van der Waals surface area (Å²) < 4.78 is 35.3. The number of hydrogen-bond donors (Lipinski definition) is 1. The zero-order valence-electron chi connectivity index (χ0n) is 13.7. The van der Waals surface area contributed by atoms with E-state index in [1.807, 2.05) is 6.08 Å². The summed E-state index contributed by atoms with van der Waals surface area (Å²) in [5.74, 6) is 0.317. The number of anilines is 1. The molecule has 0 radical (unpaired) electrons. The maximum Gasteiger partial charge on any atom is 0.314 e. The molecule has 132 valence electrons. The van der Waals surface area contributed by atoms with E-state index in [4.69, 9.17) is 9.15 Å². The molecule has 0 aromatic carbocycles. The van der Waals surface area contributed by atoms with Gasteiger partial charge in [-0.25, -0.2) is 9.97 Å². The highest BCUT2D eigenvalue weighted by atomic mass is 19.3. The Kier molecular flexibility index (Phi) is 3.88. The molecule has 1 fully saturated rings. The minimum atomic E-state index is -2.82. The van der Waals surface area contributed by atoms with Gasteiger partial charge in [-0.15, -0.1) is 10.2 Å². The highest BCUT2D eigenvalue weighted by molar-refractivity contribution is 5.54. The number of methoxy groups -OCH3 is 1. The molecule has 4 rings (SSSR count). The van der Waals surface area contributed by atoms with E-state index >= 15 is 0 Å². The van der Waals surface area contributed by atoms with Crippen LogP contribution in [0.1, 0.15) is 25.2 Å². The number of rotatable bonds is 6. The van der Waals surface area contributed by atoms with E-state index in [2.05, 4.69) is 36.9 Å². The Balaban J connectivity index is 1.54. The van der Waals surface area contributed by atoms with Gasteiger partial charge in [0.25, 0.3) is 11.8 Å². The minimum Gasteiger partial charge on any atom is -0.496 e. The van der Waals surface area contributed by atoms with Gasteiger partial charge >= 0.3 is 6.43 Å².